The highest BCUT2D eigenvalue weighted by molar-refractivity contribution is 5.99. The van der Waals surface area contributed by atoms with Crippen LogP contribution in [0.3, 0.4) is 0 Å². The van der Waals surface area contributed by atoms with Crippen LogP contribution in [0.25, 0.3) is 11.0 Å². The third-order valence-electron chi connectivity index (χ3n) is 6.72. The molecule has 2 aliphatic rings. The molecule has 9 heteroatoms. The molecule has 3 aromatic heterocycles. The molecule has 5 rings (SSSR count). The van der Waals surface area contributed by atoms with Gasteiger partial charge in [-0.05, 0) is 44.4 Å². The van der Waals surface area contributed by atoms with E-state index in [2.05, 4.69) is 25.5 Å². The summed E-state index contributed by atoms with van der Waals surface area (Å²) >= 11 is 0. The molecular formula is C25H33N7O2. The number of hydrogen-bond donors (Lipinski definition) is 2. The molecule has 2 N–H and O–H groups in total. The Morgan fingerprint density at radius 1 is 1.12 bits per heavy atom. The molecule has 180 valence electrons. The molecule has 0 atom stereocenters. The minimum atomic E-state index is -0.248. The van der Waals surface area contributed by atoms with Crippen molar-refractivity contribution in [3.05, 3.63) is 46.0 Å². The largest absolute Gasteiger partial charge is 0.368 e. The van der Waals surface area contributed by atoms with E-state index >= 15 is 0 Å². The first kappa shape index (κ1) is 23.8. The summed E-state index contributed by atoms with van der Waals surface area (Å²) in [6.45, 7) is 7.11. The summed E-state index contributed by atoms with van der Waals surface area (Å²) in [5.41, 5.74) is 2.29. The van der Waals surface area contributed by atoms with Gasteiger partial charge < -0.3 is 15.5 Å². The molecule has 9 nitrogen and oxygen atoms in total. The van der Waals surface area contributed by atoms with Gasteiger partial charge in [0, 0.05) is 43.8 Å². The first-order valence-corrected chi connectivity index (χ1v) is 11.6. The lowest BCUT2D eigenvalue weighted by atomic mass is 10.0. The van der Waals surface area contributed by atoms with Crippen LogP contribution >= 0.6 is 0 Å². The third kappa shape index (κ3) is 4.40. The van der Waals surface area contributed by atoms with Gasteiger partial charge in [0.05, 0.1) is 17.4 Å². The maximum atomic E-state index is 13.3. The molecule has 4 heterocycles. The van der Waals surface area contributed by atoms with Crippen molar-refractivity contribution >= 4 is 34.3 Å². The first-order chi connectivity index (χ1) is 16.0. The third-order valence-corrected chi connectivity index (χ3v) is 6.72. The van der Waals surface area contributed by atoms with E-state index in [0.717, 1.165) is 62.9 Å². The molecular weight excluding hydrogens is 430 g/mol. The van der Waals surface area contributed by atoms with Crippen LogP contribution in [0, 0.1) is 6.92 Å². The number of pyridine rings is 2. The van der Waals surface area contributed by atoms with Crippen molar-refractivity contribution in [1.29, 1.82) is 0 Å². The normalized spacial score (nSPS) is 16.5. The molecule has 2 fully saturated rings. The highest BCUT2D eigenvalue weighted by Gasteiger charge is 2.25. The maximum absolute atomic E-state index is 13.3. The fourth-order valence-electron chi connectivity index (χ4n) is 4.99. The van der Waals surface area contributed by atoms with Gasteiger partial charge in [0.25, 0.3) is 5.56 Å². The second-order valence-corrected chi connectivity index (χ2v) is 8.86. The van der Waals surface area contributed by atoms with Gasteiger partial charge in [0.2, 0.25) is 5.95 Å². The van der Waals surface area contributed by atoms with Crippen LogP contribution in [0.2, 0.25) is 0 Å². The zero-order chi connectivity index (χ0) is 22.9. The van der Waals surface area contributed by atoms with Gasteiger partial charge in [-0.1, -0.05) is 20.3 Å². The van der Waals surface area contributed by atoms with Crippen molar-refractivity contribution < 1.29 is 4.79 Å². The summed E-state index contributed by atoms with van der Waals surface area (Å²) in [6.07, 6.45) is 7.52. The molecule has 1 aliphatic heterocycles. The van der Waals surface area contributed by atoms with Gasteiger partial charge in [-0.3, -0.25) is 14.2 Å². The number of aromatic nitrogens is 4. The fraction of sp³-hybridized carbons (Fsp3) is 0.480. The van der Waals surface area contributed by atoms with Crippen molar-refractivity contribution in [2.75, 3.05) is 36.4 Å². The molecule has 0 amide bonds. The molecule has 3 aromatic rings. The van der Waals surface area contributed by atoms with E-state index in [1.807, 2.05) is 18.3 Å². The van der Waals surface area contributed by atoms with Gasteiger partial charge >= 0.3 is 0 Å². The second-order valence-electron chi connectivity index (χ2n) is 8.86. The number of ketones is 1. The minimum absolute atomic E-state index is 0. The SMILES string of the molecule is C.CC(=O)c1c(C)c2cnc(Nc3ccc(N4CCNCC4)cn3)nc2n(C2CCCC2)c1=O. The number of rotatable bonds is 5. The number of aryl methyl sites for hydroxylation is 1. The van der Waals surface area contributed by atoms with E-state index in [-0.39, 0.29) is 30.4 Å². The monoisotopic (exact) mass is 463 g/mol. The second kappa shape index (κ2) is 9.89. The Morgan fingerprint density at radius 3 is 2.50 bits per heavy atom. The summed E-state index contributed by atoms with van der Waals surface area (Å²) in [7, 11) is 0. The molecule has 1 aliphatic carbocycles. The number of fused-ring (bicyclic) bond motifs is 1. The lowest BCUT2D eigenvalue weighted by molar-refractivity contribution is 0.101. The van der Waals surface area contributed by atoms with E-state index in [4.69, 9.17) is 4.98 Å². The Hall–Kier alpha value is -3.33. The van der Waals surface area contributed by atoms with Gasteiger partial charge in [-0.2, -0.15) is 4.98 Å². The molecule has 34 heavy (non-hydrogen) atoms. The number of nitrogens with zero attached hydrogens (tertiary/aromatic N) is 5. The molecule has 0 spiro atoms. The smallest absolute Gasteiger partial charge is 0.263 e. The maximum Gasteiger partial charge on any atom is 0.263 e. The van der Waals surface area contributed by atoms with Crippen molar-refractivity contribution in [2.24, 2.45) is 0 Å². The Kier molecular flexibility index (Phi) is 6.92. The molecule has 0 aromatic carbocycles. The molecule has 0 unspecified atom stereocenters. The molecule has 0 bridgehead atoms. The predicted molar refractivity (Wildman–Crippen MR) is 135 cm³/mol. The summed E-state index contributed by atoms with van der Waals surface area (Å²) in [5.74, 6) is 0.799. The first-order valence-electron chi connectivity index (χ1n) is 11.6. The van der Waals surface area contributed by atoms with Crippen LogP contribution in [-0.4, -0.2) is 51.5 Å². The standard InChI is InChI=1S/C24H29N7O2.CH4/c1-15-19-14-27-24(28-20-8-7-18(13-26-20)30-11-9-25-10-12-30)29-22(19)31(17-5-3-4-6-17)23(33)21(15)16(2)32;/h7-8,13-14,17,25H,3-6,9-12H2,1-2H3,(H,26,27,28,29);1H4. The zero-order valence-electron chi connectivity index (χ0n) is 19.1. The van der Waals surface area contributed by atoms with Crippen LogP contribution in [0.5, 0.6) is 0 Å². The topological polar surface area (TPSA) is 105 Å². The van der Waals surface area contributed by atoms with Gasteiger partial charge in [0.15, 0.2) is 5.78 Å². The Labute approximate surface area is 199 Å². The number of nitrogens with one attached hydrogen (secondary N) is 2. The number of piperazine rings is 1. The molecule has 1 saturated heterocycles. The van der Waals surface area contributed by atoms with Crippen LogP contribution in [0.1, 0.15) is 62.0 Å². The Balaban J connectivity index is 0.00000274. The quantitative estimate of drug-likeness (QED) is 0.553. The number of anilines is 3. The van der Waals surface area contributed by atoms with Gasteiger partial charge in [0.1, 0.15) is 11.5 Å². The fourth-order valence-corrected chi connectivity index (χ4v) is 4.99. The summed E-state index contributed by atoms with van der Waals surface area (Å²) in [6, 6.07) is 4.01. The van der Waals surface area contributed by atoms with E-state index in [1.54, 1.807) is 17.7 Å². The number of hydrogen-bond acceptors (Lipinski definition) is 8. The number of Topliss-reactive ketones (excluding diaryl/α,β-unsaturated/α-hetero) is 1. The van der Waals surface area contributed by atoms with Crippen LogP contribution in [-0.2, 0) is 0 Å². The number of carbonyl (C=O) groups is 1. The number of carbonyl (C=O) groups excluding carboxylic acids is 1. The Bertz CT molecular complexity index is 1240. The van der Waals surface area contributed by atoms with E-state index in [1.165, 1.54) is 6.92 Å². The lowest BCUT2D eigenvalue weighted by Gasteiger charge is -2.29. The minimum Gasteiger partial charge on any atom is -0.368 e. The van der Waals surface area contributed by atoms with E-state index in [0.29, 0.717) is 23.0 Å². The zero-order valence-corrected chi connectivity index (χ0v) is 19.1. The van der Waals surface area contributed by atoms with Gasteiger partial charge in [-0.25, -0.2) is 9.97 Å². The highest BCUT2D eigenvalue weighted by Crippen LogP contribution is 2.32. The van der Waals surface area contributed by atoms with Crippen molar-refractivity contribution in [1.82, 2.24) is 24.8 Å². The average Bonchev–Trinajstić information content (AvgIpc) is 3.34. The summed E-state index contributed by atoms with van der Waals surface area (Å²) < 4.78 is 1.72. The van der Waals surface area contributed by atoms with Crippen LogP contribution in [0.15, 0.2) is 29.3 Å². The molecule has 0 radical (unpaired) electrons. The van der Waals surface area contributed by atoms with Crippen LogP contribution in [0.4, 0.5) is 17.5 Å². The average molecular weight is 464 g/mol. The van der Waals surface area contributed by atoms with Crippen LogP contribution < -0.4 is 21.1 Å². The van der Waals surface area contributed by atoms with Crippen molar-refractivity contribution in [3.63, 3.8) is 0 Å². The summed E-state index contributed by atoms with van der Waals surface area (Å²) in [4.78, 5) is 41.6. The van der Waals surface area contributed by atoms with E-state index in [9.17, 15) is 9.59 Å². The highest BCUT2D eigenvalue weighted by atomic mass is 16.1. The van der Waals surface area contributed by atoms with E-state index < -0.39 is 0 Å². The Morgan fingerprint density at radius 2 is 1.85 bits per heavy atom. The lowest BCUT2D eigenvalue weighted by Crippen LogP contribution is -2.43. The molecule has 1 saturated carbocycles. The van der Waals surface area contributed by atoms with Crippen molar-refractivity contribution in [3.8, 4) is 0 Å². The van der Waals surface area contributed by atoms with Gasteiger partial charge in [-0.15, -0.1) is 0 Å². The van der Waals surface area contributed by atoms with Crippen molar-refractivity contribution in [2.45, 2.75) is 53.0 Å². The predicted octanol–water partition coefficient (Wildman–Crippen LogP) is 3.60. The summed E-state index contributed by atoms with van der Waals surface area (Å²) in [5, 5.41) is 7.26.